The van der Waals surface area contributed by atoms with Gasteiger partial charge in [0.15, 0.2) is 0 Å². The summed E-state index contributed by atoms with van der Waals surface area (Å²) >= 11 is 0. The molecule has 0 saturated carbocycles. The van der Waals surface area contributed by atoms with E-state index in [0.717, 1.165) is 6.42 Å². The predicted octanol–water partition coefficient (Wildman–Crippen LogP) is 2.87. The van der Waals surface area contributed by atoms with Gasteiger partial charge in [-0.25, -0.2) is 0 Å². The van der Waals surface area contributed by atoms with Crippen LogP contribution in [0.15, 0.2) is 17.7 Å². The van der Waals surface area contributed by atoms with Crippen LogP contribution in [0.1, 0.15) is 32.6 Å². The molecule has 1 radical (unpaired) electrons. The van der Waals surface area contributed by atoms with Crippen molar-refractivity contribution in [3.8, 4) is 0 Å². The topological polar surface area (TPSA) is 0 Å². The molecular weight excluding hydrogens is 108 g/mol. The minimum atomic E-state index is 1.15. The quantitative estimate of drug-likeness (QED) is 0.538. The lowest BCUT2D eigenvalue weighted by atomic mass is 10.1. The number of rotatable bonds is 3. The van der Waals surface area contributed by atoms with Crippen LogP contribution in [0.3, 0.4) is 0 Å². The van der Waals surface area contributed by atoms with Crippen molar-refractivity contribution in [2.24, 2.45) is 0 Å². The summed E-state index contributed by atoms with van der Waals surface area (Å²) in [6, 6.07) is 0. The van der Waals surface area contributed by atoms with E-state index in [1.54, 1.807) is 0 Å². The summed E-state index contributed by atoms with van der Waals surface area (Å²) in [7, 11) is 0. The lowest BCUT2D eigenvalue weighted by molar-refractivity contribution is 0.777. The van der Waals surface area contributed by atoms with Gasteiger partial charge in [0.05, 0.1) is 0 Å². The maximum atomic E-state index is 3.23. The molecule has 0 fully saturated rings. The summed E-state index contributed by atoms with van der Waals surface area (Å²) in [5.41, 5.74) is 1.48. The Bertz CT molecular complexity index is 129. The van der Waals surface area contributed by atoms with Gasteiger partial charge >= 0.3 is 0 Å². The molecule has 1 aliphatic carbocycles. The Morgan fingerprint density at radius 1 is 1.67 bits per heavy atom. The van der Waals surface area contributed by atoms with Crippen LogP contribution in [0.5, 0.6) is 0 Å². The van der Waals surface area contributed by atoms with E-state index in [1.165, 1.54) is 24.8 Å². The zero-order chi connectivity index (χ0) is 6.53. The second-order valence-corrected chi connectivity index (χ2v) is 2.46. The van der Waals surface area contributed by atoms with Gasteiger partial charge in [0.2, 0.25) is 0 Å². The van der Waals surface area contributed by atoms with E-state index in [1.807, 2.05) is 6.08 Å². The Balaban J connectivity index is 2.14. The number of unbranched alkanes of at least 4 members (excludes halogenated alkanes) is 1. The molecule has 49 valence electrons. The fraction of sp³-hybridized carbons (Fsp3) is 0.556. The molecule has 0 heteroatoms. The first-order chi connectivity index (χ1) is 4.43. The van der Waals surface area contributed by atoms with Gasteiger partial charge in [-0.05, 0) is 25.3 Å². The normalized spacial score (nSPS) is 16.3. The van der Waals surface area contributed by atoms with Gasteiger partial charge in [0.25, 0.3) is 0 Å². The molecule has 9 heavy (non-hydrogen) atoms. The van der Waals surface area contributed by atoms with Crippen LogP contribution >= 0.6 is 0 Å². The second kappa shape index (κ2) is 3.49. The molecule has 1 rings (SSSR count). The highest BCUT2D eigenvalue weighted by Gasteiger charge is 1.97. The molecule has 0 N–H and O–H groups in total. The third-order valence-electron chi connectivity index (χ3n) is 1.60. The molecule has 0 aromatic carbocycles. The highest BCUT2D eigenvalue weighted by Crippen LogP contribution is 2.15. The minimum Gasteiger partial charge on any atom is -0.0798 e. The van der Waals surface area contributed by atoms with Crippen molar-refractivity contribution in [3.63, 3.8) is 0 Å². The van der Waals surface area contributed by atoms with E-state index >= 15 is 0 Å². The Morgan fingerprint density at radius 2 is 2.56 bits per heavy atom. The molecule has 0 aliphatic heterocycles. The van der Waals surface area contributed by atoms with Crippen LogP contribution in [-0.2, 0) is 0 Å². The van der Waals surface area contributed by atoms with Crippen molar-refractivity contribution >= 4 is 0 Å². The van der Waals surface area contributed by atoms with Crippen LogP contribution in [0.2, 0.25) is 0 Å². The minimum absolute atomic E-state index is 1.15. The van der Waals surface area contributed by atoms with Gasteiger partial charge in [0.1, 0.15) is 0 Å². The first-order valence-corrected chi connectivity index (χ1v) is 3.69. The number of allylic oxidation sites excluding steroid dienone is 4. The van der Waals surface area contributed by atoms with Crippen LogP contribution in [0.25, 0.3) is 0 Å². The second-order valence-electron chi connectivity index (χ2n) is 2.46. The Morgan fingerprint density at radius 3 is 3.11 bits per heavy atom. The highest BCUT2D eigenvalue weighted by atomic mass is 14.0. The summed E-state index contributed by atoms with van der Waals surface area (Å²) in [5, 5.41) is 0. The first kappa shape index (κ1) is 6.60. The fourth-order valence-corrected chi connectivity index (χ4v) is 1.00. The smallest absolute Gasteiger partial charge is 0.0126 e. The molecule has 0 bridgehead atoms. The first-order valence-electron chi connectivity index (χ1n) is 3.69. The zero-order valence-corrected chi connectivity index (χ0v) is 5.98. The van der Waals surface area contributed by atoms with E-state index in [-0.39, 0.29) is 0 Å². The van der Waals surface area contributed by atoms with Crippen molar-refractivity contribution in [2.45, 2.75) is 32.6 Å². The van der Waals surface area contributed by atoms with E-state index in [4.69, 9.17) is 0 Å². The monoisotopic (exact) mass is 121 g/mol. The molecule has 0 amide bonds. The highest BCUT2D eigenvalue weighted by molar-refractivity contribution is 5.17. The lowest BCUT2D eigenvalue weighted by Crippen LogP contribution is -1.77. The molecule has 0 saturated heterocycles. The van der Waals surface area contributed by atoms with Gasteiger partial charge < -0.3 is 0 Å². The van der Waals surface area contributed by atoms with Crippen molar-refractivity contribution in [2.75, 3.05) is 0 Å². The van der Waals surface area contributed by atoms with Crippen molar-refractivity contribution in [3.05, 3.63) is 23.8 Å². The molecule has 0 spiro atoms. The molecule has 0 heterocycles. The Kier molecular flexibility index (Phi) is 2.56. The van der Waals surface area contributed by atoms with Crippen molar-refractivity contribution in [1.29, 1.82) is 0 Å². The van der Waals surface area contributed by atoms with E-state index in [9.17, 15) is 0 Å². The van der Waals surface area contributed by atoms with E-state index in [0.29, 0.717) is 0 Å². The fourth-order valence-electron chi connectivity index (χ4n) is 1.00. The summed E-state index contributed by atoms with van der Waals surface area (Å²) in [4.78, 5) is 0. The zero-order valence-electron chi connectivity index (χ0n) is 5.98. The lowest BCUT2D eigenvalue weighted by Gasteiger charge is -1.96. The van der Waals surface area contributed by atoms with Crippen LogP contribution in [0.4, 0.5) is 0 Å². The molecule has 0 atom stereocenters. The molecule has 1 aliphatic rings. The average Bonchev–Trinajstić information content (AvgIpc) is 2.34. The third kappa shape index (κ3) is 2.05. The standard InChI is InChI=1S/C9H13/c1-2-3-6-9-7-4-5-8-9/h4-5H,2-3,6-7H2,1H3. The van der Waals surface area contributed by atoms with E-state index < -0.39 is 0 Å². The molecule has 0 unspecified atom stereocenters. The molecule has 0 nitrogen and oxygen atoms in total. The Labute approximate surface area is 57.3 Å². The van der Waals surface area contributed by atoms with Crippen molar-refractivity contribution in [1.82, 2.24) is 0 Å². The maximum Gasteiger partial charge on any atom is -0.0126 e. The van der Waals surface area contributed by atoms with Crippen molar-refractivity contribution < 1.29 is 0 Å². The maximum absolute atomic E-state index is 3.23. The van der Waals surface area contributed by atoms with Crippen LogP contribution < -0.4 is 0 Å². The molecule has 0 aromatic heterocycles. The molecule has 0 aromatic rings. The number of hydrogen-bond donors (Lipinski definition) is 0. The van der Waals surface area contributed by atoms with Crippen LogP contribution in [-0.4, -0.2) is 0 Å². The van der Waals surface area contributed by atoms with Gasteiger partial charge in [-0.3, -0.25) is 0 Å². The predicted molar refractivity (Wildman–Crippen MR) is 40.0 cm³/mol. The Hall–Kier alpha value is -0.520. The third-order valence-corrected chi connectivity index (χ3v) is 1.60. The van der Waals surface area contributed by atoms with Gasteiger partial charge in [-0.15, -0.1) is 0 Å². The van der Waals surface area contributed by atoms with Crippen LogP contribution in [0, 0.1) is 6.08 Å². The van der Waals surface area contributed by atoms with E-state index in [2.05, 4.69) is 19.1 Å². The SMILES string of the molecule is CCCCC1=[C]C=CC1. The molecular formula is C9H13. The summed E-state index contributed by atoms with van der Waals surface area (Å²) in [6.07, 6.45) is 12.5. The number of hydrogen-bond acceptors (Lipinski definition) is 0. The summed E-state index contributed by atoms with van der Waals surface area (Å²) in [6.45, 7) is 2.23. The van der Waals surface area contributed by atoms with Gasteiger partial charge in [-0.1, -0.05) is 31.1 Å². The average molecular weight is 121 g/mol. The van der Waals surface area contributed by atoms with Gasteiger partial charge in [-0.2, -0.15) is 0 Å². The van der Waals surface area contributed by atoms with Gasteiger partial charge in [0, 0.05) is 0 Å². The summed E-state index contributed by atoms with van der Waals surface area (Å²) in [5.74, 6) is 0. The summed E-state index contributed by atoms with van der Waals surface area (Å²) < 4.78 is 0. The largest absolute Gasteiger partial charge is 0.0798 e.